The number of carbonyl (C=O) groups is 2. The largest absolute Gasteiger partial charge is 0.809 e. The maximum atomic E-state index is 11.6. The van der Waals surface area contributed by atoms with Crippen LogP contribution in [0.3, 0.4) is 0 Å². The number of carbonyl (C=O) groups excluding carboxylic acids is 2. The SMILES string of the molecule is CC(=O)[O-].CC(N)C(=O)N1CCCCC1P(=O)([O-])[O-].c1ccc(-c2ccccc2)cc1. The molecule has 1 heterocycles. The molecule has 0 saturated carbocycles. The van der Waals surface area contributed by atoms with Gasteiger partial charge in [0, 0.05) is 12.5 Å². The van der Waals surface area contributed by atoms with E-state index in [4.69, 9.17) is 15.6 Å². The van der Waals surface area contributed by atoms with Crippen LogP contribution in [0, 0.1) is 0 Å². The Bertz CT molecular complexity index is 813. The standard InChI is InChI=1S/C12H10.C8H17N2O4P.C2H4O2/c1-3-7-11(8-4-1)12-9-5-2-6-10-12;1-6(9)8(11)10-5-3-2-4-7(10)15(12,13)14;1-2(3)4/h1-10H;6-7H,2-5,9H2,1H3,(H2,12,13,14);1H3,(H,3,4)/p-3. The van der Waals surface area contributed by atoms with Crippen molar-refractivity contribution < 1.29 is 29.0 Å². The molecule has 2 N–H and O–H groups in total. The van der Waals surface area contributed by atoms with Crippen LogP contribution in [0.25, 0.3) is 11.1 Å². The maximum Gasteiger partial charge on any atom is 0.239 e. The van der Waals surface area contributed by atoms with Crippen molar-refractivity contribution in [3.63, 3.8) is 0 Å². The second kappa shape index (κ2) is 13.0. The van der Waals surface area contributed by atoms with E-state index in [1.54, 1.807) is 0 Å². The van der Waals surface area contributed by atoms with Gasteiger partial charge in [-0.2, -0.15) is 0 Å². The second-order valence-electron chi connectivity index (χ2n) is 7.06. The number of carboxylic acids is 1. The molecule has 0 radical (unpaired) electrons. The fourth-order valence-corrected chi connectivity index (χ4v) is 4.09. The van der Waals surface area contributed by atoms with Crippen LogP contribution in [0.2, 0.25) is 0 Å². The highest BCUT2D eigenvalue weighted by atomic mass is 31.2. The second-order valence-corrected chi connectivity index (χ2v) is 8.74. The molecule has 1 fully saturated rings. The summed E-state index contributed by atoms with van der Waals surface area (Å²) in [4.78, 5) is 43.5. The van der Waals surface area contributed by atoms with Gasteiger partial charge in [-0.15, -0.1) is 0 Å². The number of carboxylic acid groups (broad SMARTS) is 1. The van der Waals surface area contributed by atoms with Gasteiger partial charge >= 0.3 is 0 Å². The van der Waals surface area contributed by atoms with Gasteiger partial charge in [0.2, 0.25) is 5.91 Å². The van der Waals surface area contributed by atoms with E-state index in [0.29, 0.717) is 13.0 Å². The van der Waals surface area contributed by atoms with E-state index in [0.717, 1.165) is 18.2 Å². The topological polar surface area (TPSA) is 150 Å². The van der Waals surface area contributed by atoms with Crippen molar-refractivity contribution in [3.05, 3.63) is 60.7 Å². The van der Waals surface area contributed by atoms with Gasteiger partial charge in [0.1, 0.15) is 0 Å². The molecule has 2 atom stereocenters. The highest BCUT2D eigenvalue weighted by Gasteiger charge is 2.30. The molecule has 3 rings (SSSR count). The maximum absolute atomic E-state index is 11.6. The average molecular weight is 447 g/mol. The lowest BCUT2D eigenvalue weighted by molar-refractivity contribution is -0.320. The number of hydrogen-bond acceptors (Lipinski definition) is 7. The molecule has 31 heavy (non-hydrogen) atoms. The summed E-state index contributed by atoms with van der Waals surface area (Å²) in [7, 11) is -4.74. The Morgan fingerprint density at radius 3 is 1.77 bits per heavy atom. The molecule has 2 aromatic rings. The van der Waals surface area contributed by atoms with E-state index in [-0.39, 0.29) is 6.42 Å². The first-order chi connectivity index (χ1) is 14.5. The zero-order valence-electron chi connectivity index (χ0n) is 17.7. The van der Waals surface area contributed by atoms with Gasteiger partial charge in [0.15, 0.2) is 0 Å². The highest BCUT2D eigenvalue weighted by Crippen LogP contribution is 2.39. The minimum absolute atomic E-state index is 0.225. The molecule has 0 aliphatic carbocycles. The number of piperidine rings is 1. The zero-order valence-corrected chi connectivity index (χ0v) is 18.6. The van der Waals surface area contributed by atoms with Crippen LogP contribution in [-0.2, 0) is 14.2 Å². The summed E-state index contributed by atoms with van der Waals surface area (Å²) in [5, 5.41) is 8.89. The van der Waals surface area contributed by atoms with E-state index in [2.05, 4.69) is 48.5 Å². The van der Waals surface area contributed by atoms with E-state index < -0.39 is 31.3 Å². The number of nitrogens with zero attached hydrogens (tertiary/aromatic N) is 1. The minimum Gasteiger partial charge on any atom is -0.809 e. The Hall–Kier alpha value is -2.51. The van der Waals surface area contributed by atoms with E-state index in [1.165, 1.54) is 18.1 Å². The Morgan fingerprint density at radius 1 is 1.00 bits per heavy atom. The molecule has 2 aromatic carbocycles. The van der Waals surface area contributed by atoms with Gasteiger partial charge in [-0.25, -0.2) is 0 Å². The van der Waals surface area contributed by atoms with Crippen molar-refractivity contribution in [2.75, 3.05) is 6.54 Å². The normalized spacial score (nSPS) is 16.7. The van der Waals surface area contributed by atoms with Crippen molar-refractivity contribution in [3.8, 4) is 11.1 Å². The molecule has 0 spiro atoms. The Balaban J connectivity index is 0.000000269. The molecule has 1 aliphatic heterocycles. The third-order valence-electron chi connectivity index (χ3n) is 4.39. The summed E-state index contributed by atoms with van der Waals surface area (Å²) in [5.41, 5.74) is 7.94. The molecular formula is C22H28N2O6P-3. The smallest absolute Gasteiger partial charge is 0.239 e. The third kappa shape index (κ3) is 9.89. The van der Waals surface area contributed by atoms with Gasteiger partial charge in [0.05, 0.1) is 11.8 Å². The van der Waals surface area contributed by atoms with Crippen LogP contribution in [-0.4, -0.2) is 35.1 Å². The van der Waals surface area contributed by atoms with Gasteiger partial charge in [-0.3, -0.25) is 4.79 Å². The van der Waals surface area contributed by atoms with Gasteiger partial charge in [-0.05, 0) is 51.8 Å². The van der Waals surface area contributed by atoms with Crippen molar-refractivity contribution in [2.24, 2.45) is 5.73 Å². The van der Waals surface area contributed by atoms with Crippen LogP contribution in [0.15, 0.2) is 60.7 Å². The quantitative estimate of drug-likeness (QED) is 0.680. The summed E-state index contributed by atoms with van der Waals surface area (Å²) >= 11 is 0. The number of amides is 1. The summed E-state index contributed by atoms with van der Waals surface area (Å²) in [6, 6.07) is 20.0. The van der Waals surface area contributed by atoms with E-state index in [9.17, 15) is 19.1 Å². The monoisotopic (exact) mass is 447 g/mol. The summed E-state index contributed by atoms with van der Waals surface area (Å²) < 4.78 is 11.0. The van der Waals surface area contributed by atoms with Crippen molar-refractivity contribution in [2.45, 2.75) is 44.9 Å². The number of benzene rings is 2. The molecule has 1 aliphatic rings. The number of likely N-dealkylation sites (tertiary alicyclic amines) is 1. The molecule has 1 saturated heterocycles. The van der Waals surface area contributed by atoms with Gasteiger partial charge < -0.3 is 34.9 Å². The number of rotatable bonds is 3. The fourth-order valence-electron chi connectivity index (χ4n) is 3.02. The lowest BCUT2D eigenvalue weighted by Crippen LogP contribution is -2.52. The Morgan fingerprint density at radius 2 is 1.42 bits per heavy atom. The average Bonchev–Trinajstić information content (AvgIpc) is 2.74. The summed E-state index contributed by atoms with van der Waals surface area (Å²) in [6.45, 7) is 2.76. The lowest BCUT2D eigenvalue weighted by Gasteiger charge is -2.47. The molecule has 0 aromatic heterocycles. The van der Waals surface area contributed by atoms with E-state index in [1.807, 2.05) is 12.1 Å². The van der Waals surface area contributed by atoms with Crippen LogP contribution >= 0.6 is 7.60 Å². The number of hydrogen-bond donors (Lipinski definition) is 1. The van der Waals surface area contributed by atoms with Crippen LogP contribution in [0.5, 0.6) is 0 Å². The molecule has 2 unspecified atom stereocenters. The van der Waals surface area contributed by atoms with Crippen LogP contribution in [0.1, 0.15) is 33.1 Å². The summed E-state index contributed by atoms with van der Waals surface area (Å²) in [5.74, 6) is -2.75. The van der Waals surface area contributed by atoms with Crippen molar-refractivity contribution >= 4 is 19.5 Å². The van der Waals surface area contributed by atoms with E-state index >= 15 is 0 Å². The van der Waals surface area contributed by atoms with Gasteiger partial charge in [-0.1, -0.05) is 60.7 Å². The van der Waals surface area contributed by atoms with Crippen molar-refractivity contribution in [1.29, 1.82) is 0 Å². The first-order valence-corrected chi connectivity index (χ1v) is 11.5. The predicted molar refractivity (Wildman–Crippen MR) is 113 cm³/mol. The van der Waals surface area contributed by atoms with Gasteiger partial charge in [0.25, 0.3) is 0 Å². The lowest BCUT2D eigenvalue weighted by atomic mass is 10.1. The predicted octanol–water partition coefficient (Wildman–Crippen LogP) is 0.696. The first kappa shape index (κ1) is 26.5. The zero-order chi connectivity index (χ0) is 23.4. The highest BCUT2D eigenvalue weighted by molar-refractivity contribution is 7.49. The fraction of sp³-hybridized carbons (Fsp3) is 0.364. The first-order valence-electron chi connectivity index (χ1n) is 9.90. The number of aliphatic carboxylic acids is 1. The van der Waals surface area contributed by atoms with Crippen molar-refractivity contribution in [1.82, 2.24) is 4.90 Å². The van der Waals surface area contributed by atoms with Crippen LogP contribution < -0.4 is 20.6 Å². The molecule has 170 valence electrons. The molecule has 9 heteroatoms. The Labute approximate surface area is 182 Å². The molecular weight excluding hydrogens is 419 g/mol. The summed E-state index contributed by atoms with van der Waals surface area (Å²) in [6.07, 6.45) is 1.60. The molecule has 1 amide bonds. The number of nitrogens with two attached hydrogens (primary N) is 1. The van der Waals surface area contributed by atoms with Crippen LogP contribution in [0.4, 0.5) is 0 Å². The Kier molecular flexibility index (Phi) is 11.1. The third-order valence-corrected chi connectivity index (χ3v) is 5.66. The minimum atomic E-state index is -4.74. The molecule has 8 nitrogen and oxygen atoms in total. The molecule has 0 bridgehead atoms.